The Kier molecular flexibility index (Phi) is 5.77. The van der Waals surface area contributed by atoms with E-state index in [-0.39, 0.29) is 18.3 Å². The number of amides is 1. The Labute approximate surface area is 194 Å². The number of aromatic amines is 1. The molecule has 0 unspecified atom stereocenters. The summed E-state index contributed by atoms with van der Waals surface area (Å²) in [7, 11) is 1.39. The van der Waals surface area contributed by atoms with Crippen molar-refractivity contribution in [2.75, 3.05) is 19.0 Å². The average Bonchev–Trinajstić information content (AvgIpc) is 3.23. The third-order valence-corrected chi connectivity index (χ3v) is 5.47. The predicted octanol–water partition coefficient (Wildman–Crippen LogP) is 3.62. The van der Waals surface area contributed by atoms with Crippen molar-refractivity contribution in [2.45, 2.75) is 13.0 Å². The number of carbonyl (C=O) groups is 1. The van der Waals surface area contributed by atoms with Crippen LogP contribution in [0.1, 0.15) is 21.7 Å². The molecule has 0 atom stereocenters. The van der Waals surface area contributed by atoms with E-state index in [0.717, 1.165) is 5.69 Å². The van der Waals surface area contributed by atoms with Crippen molar-refractivity contribution in [3.63, 3.8) is 0 Å². The highest BCUT2D eigenvalue weighted by molar-refractivity contribution is 6.06. The number of benzene rings is 1. The molecule has 1 aliphatic rings. The number of halogens is 1. The minimum atomic E-state index is -0.513. The van der Waals surface area contributed by atoms with Crippen LogP contribution in [0.15, 0.2) is 55.2 Å². The summed E-state index contributed by atoms with van der Waals surface area (Å²) in [5.74, 6) is -0.191. The number of pyridine rings is 1. The summed E-state index contributed by atoms with van der Waals surface area (Å²) in [6, 6.07) is 8.12. The number of nitrogens with zero attached hydrogens (tertiary/aromatic N) is 3. The number of carbonyl (C=O) groups excluding carboxylic acids is 1. The molecule has 0 radical (unpaired) electrons. The van der Waals surface area contributed by atoms with E-state index in [9.17, 15) is 9.18 Å². The summed E-state index contributed by atoms with van der Waals surface area (Å²) in [5.41, 5.74) is 4.13. The first-order chi connectivity index (χ1) is 16.7. The lowest BCUT2D eigenvalue weighted by atomic mass is 10.0. The van der Waals surface area contributed by atoms with E-state index in [1.165, 1.54) is 19.5 Å². The van der Waals surface area contributed by atoms with Gasteiger partial charge in [-0.15, -0.1) is 0 Å². The van der Waals surface area contributed by atoms with Gasteiger partial charge in [-0.1, -0.05) is 6.07 Å². The molecule has 1 aromatic carbocycles. The molecule has 0 saturated carbocycles. The number of H-pyrrole nitrogens is 1. The van der Waals surface area contributed by atoms with Gasteiger partial charge < -0.3 is 25.1 Å². The van der Waals surface area contributed by atoms with Gasteiger partial charge in [-0.25, -0.2) is 14.4 Å². The zero-order valence-corrected chi connectivity index (χ0v) is 18.3. The number of fused-ring (bicyclic) bond motifs is 1. The lowest BCUT2D eigenvalue weighted by molar-refractivity contribution is 0.0947. The molecule has 3 aromatic heterocycles. The van der Waals surface area contributed by atoms with E-state index in [2.05, 4.69) is 30.6 Å². The second kappa shape index (κ2) is 9.18. The first-order valence-corrected chi connectivity index (χ1v) is 10.6. The van der Waals surface area contributed by atoms with Crippen LogP contribution in [0.25, 0.3) is 11.3 Å². The molecule has 0 aliphatic carbocycles. The minimum Gasteiger partial charge on any atom is -0.492 e. The van der Waals surface area contributed by atoms with Crippen LogP contribution in [0.2, 0.25) is 0 Å². The number of anilines is 2. The number of hydrogen-bond acceptors (Lipinski definition) is 7. The third-order valence-electron chi connectivity index (χ3n) is 5.47. The van der Waals surface area contributed by atoms with Gasteiger partial charge in [0.05, 0.1) is 41.6 Å². The molecule has 34 heavy (non-hydrogen) atoms. The molecule has 5 rings (SSSR count). The summed E-state index contributed by atoms with van der Waals surface area (Å²) >= 11 is 0. The number of ether oxygens (including phenoxy) is 2. The van der Waals surface area contributed by atoms with Gasteiger partial charge >= 0.3 is 0 Å². The van der Waals surface area contributed by atoms with E-state index >= 15 is 0 Å². The maximum absolute atomic E-state index is 14.4. The summed E-state index contributed by atoms with van der Waals surface area (Å²) in [6.45, 7) is 0.727. The SMILES string of the molecule is COc1c(F)cccc1Nc1c(-c2ccncc2OCc2ccncn2)[nH]c2c1C(=O)NCC2. The minimum absolute atomic E-state index is 0.0505. The summed E-state index contributed by atoms with van der Waals surface area (Å²) in [6.07, 6.45) is 6.96. The van der Waals surface area contributed by atoms with Crippen molar-refractivity contribution in [1.82, 2.24) is 25.3 Å². The standard InChI is InChI=1S/C24H21FN6O3/c1-33-23-16(25)3-2-4-18(23)31-22-20-17(7-10-28-24(20)32)30-21(22)15-6-9-26-11-19(15)34-12-14-5-8-27-13-29-14/h2-6,8-9,11,13,30-31H,7,10,12H2,1H3,(H,28,32). The molecule has 4 heterocycles. The van der Waals surface area contributed by atoms with Gasteiger partial charge in [-0.05, 0) is 24.3 Å². The van der Waals surface area contributed by atoms with Crippen LogP contribution in [0.4, 0.5) is 15.8 Å². The van der Waals surface area contributed by atoms with Crippen LogP contribution >= 0.6 is 0 Å². The maximum Gasteiger partial charge on any atom is 0.255 e. The summed E-state index contributed by atoms with van der Waals surface area (Å²) in [5, 5.41) is 6.09. The van der Waals surface area contributed by atoms with E-state index in [0.29, 0.717) is 52.6 Å². The lowest BCUT2D eigenvalue weighted by Crippen LogP contribution is -2.31. The van der Waals surface area contributed by atoms with Gasteiger partial charge in [0, 0.05) is 36.6 Å². The molecular weight excluding hydrogens is 439 g/mol. The average molecular weight is 460 g/mol. The normalized spacial score (nSPS) is 12.6. The molecular formula is C24H21FN6O3. The smallest absolute Gasteiger partial charge is 0.255 e. The van der Waals surface area contributed by atoms with Crippen LogP contribution in [-0.4, -0.2) is 39.5 Å². The topological polar surface area (TPSA) is 114 Å². The Morgan fingerprint density at radius 1 is 1.18 bits per heavy atom. The molecule has 0 bridgehead atoms. The lowest BCUT2D eigenvalue weighted by Gasteiger charge is -2.17. The van der Waals surface area contributed by atoms with Crippen molar-refractivity contribution in [3.05, 3.63) is 78.0 Å². The number of hydrogen-bond donors (Lipinski definition) is 3. The van der Waals surface area contributed by atoms with Crippen molar-refractivity contribution < 1.29 is 18.7 Å². The monoisotopic (exact) mass is 460 g/mol. The fraction of sp³-hybridized carbons (Fsp3) is 0.167. The Bertz CT molecular complexity index is 1340. The zero-order valence-electron chi connectivity index (χ0n) is 18.3. The van der Waals surface area contributed by atoms with Crippen molar-refractivity contribution >= 4 is 17.3 Å². The van der Waals surface area contributed by atoms with E-state index in [1.54, 1.807) is 42.9 Å². The van der Waals surface area contributed by atoms with Gasteiger partial charge in [0.15, 0.2) is 11.6 Å². The second-order valence-corrected chi connectivity index (χ2v) is 7.54. The highest BCUT2D eigenvalue weighted by atomic mass is 19.1. The number of methoxy groups -OCH3 is 1. The quantitative estimate of drug-likeness (QED) is 0.386. The van der Waals surface area contributed by atoms with E-state index in [4.69, 9.17) is 9.47 Å². The van der Waals surface area contributed by atoms with Gasteiger partial charge in [-0.3, -0.25) is 9.78 Å². The fourth-order valence-electron chi connectivity index (χ4n) is 3.91. The first-order valence-electron chi connectivity index (χ1n) is 10.6. The van der Waals surface area contributed by atoms with Crippen LogP contribution in [0.5, 0.6) is 11.5 Å². The van der Waals surface area contributed by atoms with Crippen LogP contribution < -0.4 is 20.1 Å². The van der Waals surface area contributed by atoms with Crippen molar-refractivity contribution in [2.24, 2.45) is 0 Å². The molecule has 0 saturated heterocycles. The van der Waals surface area contributed by atoms with Crippen LogP contribution in [-0.2, 0) is 13.0 Å². The highest BCUT2D eigenvalue weighted by Crippen LogP contribution is 2.42. The Balaban J connectivity index is 1.59. The van der Waals surface area contributed by atoms with Gasteiger partial charge in [0.1, 0.15) is 18.7 Å². The van der Waals surface area contributed by atoms with Gasteiger partial charge in [0.2, 0.25) is 0 Å². The summed E-state index contributed by atoms with van der Waals surface area (Å²) in [4.78, 5) is 28.5. The number of nitrogens with one attached hydrogen (secondary N) is 3. The molecule has 0 fully saturated rings. The Morgan fingerprint density at radius 2 is 2.06 bits per heavy atom. The maximum atomic E-state index is 14.4. The molecule has 3 N–H and O–H groups in total. The first kappa shape index (κ1) is 21.4. The zero-order chi connectivity index (χ0) is 23.5. The Hall–Kier alpha value is -4.47. The fourth-order valence-corrected chi connectivity index (χ4v) is 3.91. The van der Waals surface area contributed by atoms with Crippen LogP contribution in [0, 0.1) is 5.82 Å². The summed E-state index contributed by atoms with van der Waals surface area (Å²) < 4.78 is 25.6. The number of para-hydroxylation sites is 1. The molecule has 4 aromatic rings. The number of rotatable bonds is 7. The van der Waals surface area contributed by atoms with Crippen LogP contribution in [0.3, 0.4) is 0 Å². The third kappa shape index (κ3) is 4.01. The highest BCUT2D eigenvalue weighted by Gasteiger charge is 2.29. The molecule has 10 heteroatoms. The Morgan fingerprint density at radius 3 is 2.88 bits per heavy atom. The van der Waals surface area contributed by atoms with Gasteiger partial charge in [0.25, 0.3) is 5.91 Å². The molecule has 0 spiro atoms. The van der Waals surface area contributed by atoms with Gasteiger partial charge in [-0.2, -0.15) is 0 Å². The molecule has 1 amide bonds. The van der Waals surface area contributed by atoms with E-state index in [1.807, 2.05) is 0 Å². The van der Waals surface area contributed by atoms with Crippen molar-refractivity contribution in [3.8, 4) is 22.8 Å². The molecule has 1 aliphatic heterocycles. The number of aromatic nitrogens is 4. The van der Waals surface area contributed by atoms with E-state index < -0.39 is 5.82 Å². The predicted molar refractivity (Wildman–Crippen MR) is 123 cm³/mol. The largest absolute Gasteiger partial charge is 0.492 e. The van der Waals surface area contributed by atoms with Crippen molar-refractivity contribution in [1.29, 1.82) is 0 Å². The molecule has 9 nitrogen and oxygen atoms in total. The molecule has 172 valence electrons. The second-order valence-electron chi connectivity index (χ2n) is 7.54.